The highest BCUT2D eigenvalue weighted by atomic mass is 35.5. The third-order valence-corrected chi connectivity index (χ3v) is 5.44. The fourth-order valence-corrected chi connectivity index (χ4v) is 3.65. The van der Waals surface area contributed by atoms with Crippen LogP contribution in [0.4, 0.5) is 0 Å². The fourth-order valence-electron chi connectivity index (χ4n) is 3.52. The molecule has 0 aliphatic heterocycles. The number of benzene rings is 3. The van der Waals surface area contributed by atoms with Gasteiger partial charge in [-0.1, -0.05) is 54.1 Å². The Morgan fingerprint density at radius 2 is 1.68 bits per heavy atom. The minimum Gasteiger partial charge on any atom is -0.268 e. The van der Waals surface area contributed by atoms with Crippen LogP contribution in [0.15, 0.2) is 102 Å². The molecule has 0 bridgehead atoms. The molecule has 0 radical (unpaired) electrons. The quantitative estimate of drug-likeness (QED) is 0.380. The molecule has 0 atom stereocenters. The van der Waals surface area contributed by atoms with E-state index in [0.29, 0.717) is 21.6 Å². The number of amides is 1. The molecule has 5 aromatic rings. The molecule has 2 aromatic heterocycles. The van der Waals surface area contributed by atoms with E-state index in [1.165, 1.54) is 12.4 Å². The standard InChI is InChI=1S/C26H18ClN5O2/c27-20-13-10-18(11-14-20)25-19(16-31(30-25)21-6-2-1-3-7-21)12-15-24(33)29-32-17-28-23-9-5-4-8-22(23)26(32)34/h1-17H,(H,29,33)/b15-12+. The monoisotopic (exact) mass is 467 g/mol. The van der Waals surface area contributed by atoms with Crippen LogP contribution in [0, 0.1) is 0 Å². The first-order chi connectivity index (χ1) is 16.6. The lowest BCUT2D eigenvalue weighted by molar-refractivity contribution is -0.112. The average molecular weight is 468 g/mol. The van der Waals surface area contributed by atoms with Crippen molar-refractivity contribution in [1.82, 2.24) is 19.4 Å². The maximum atomic E-state index is 12.6. The summed E-state index contributed by atoms with van der Waals surface area (Å²) in [6.45, 7) is 0. The SMILES string of the molecule is O=C(/C=C/c1cn(-c2ccccc2)nc1-c1ccc(Cl)cc1)Nn1cnc2ccccc2c1=O. The van der Waals surface area contributed by atoms with Crippen molar-refractivity contribution in [2.24, 2.45) is 0 Å². The highest BCUT2D eigenvalue weighted by Crippen LogP contribution is 2.26. The van der Waals surface area contributed by atoms with Crippen molar-refractivity contribution in [1.29, 1.82) is 0 Å². The maximum absolute atomic E-state index is 12.6. The second-order valence-corrected chi connectivity index (χ2v) is 7.90. The molecule has 5 rings (SSSR count). The number of halogens is 1. The molecule has 166 valence electrons. The van der Waals surface area contributed by atoms with E-state index in [1.807, 2.05) is 48.7 Å². The summed E-state index contributed by atoms with van der Waals surface area (Å²) in [6, 6.07) is 24.0. The number of carbonyl (C=O) groups is 1. The lowest BCUT2D eigenvalue weighted by Crippen LogP contribution is -2.32. The smallest absolute Gasteiger partial charge is 0.268 e. The molecule has 8 heteroatoms. The summed E-state index contributed by atoms with van der Waals surface area (Å²) in [5.41, 5.74) is 5.91. The average Bonchev–Trinajstić information content (AvgIpc) is 3.30. The van der Waals surface area contributed by atoms with Crippen LogP contribution in [-0.2, 0) is 4.79 Å². The van der Waals surface area contributed by atoms with E-state index in [9.17, 15) is 9.59 Å². The molecule has 2 heterocycles. The van der Waals surface area contributed by atoms with Gasteiger partial charge in [0.15, 0.2) is 0 Å². The minimum atomic E-state index is -0.478. The largest absolute Gasteiger partial charge is 0.280 e. The molecule has 0 unspecified atom stereocenters. The number of hydrogen-bond acceptors (Lipinski definition) is 4. The van der Waals surface area contributed by atoms with Gasteiger partial charge < -0.3 is 0 Å². The number of nitrogens with zero attached hydrogens (tertiary/aromatic N) is 4. The summed E-state index contributed by atoms with van der Waals surface area (Å²) in [5.74, 6) is -0.478. The van der Waals surface area contributed by atoms with Crippen LogP contribution in [0.25, 0.3) is 33.9 Å². The van der Waals surface area contributed by atoms with E-state index in [4.69, 9.17) is 16.7 Å². The molecule has 1 amide bonds. The molecule has 0 aliphatic rings. The first-order valence-corrected chi connectivity index (χ1v) is 10.8. The van der Waals surface area contributed by atoms with Crippen LogP contribution in [0.2, 0.25) is 5.02 Å². The number of para-hydroxylation sites is 2. The number of nitrogens with one attached hydrogen (secondary N) is 1. The predicted octanol–water partition coefficient (Wildman–Crippen LogP) is 4.69. The normalized spacial score (nSPS) is 11.2. The molecular weight excluding hydrogens is 450 g/mol. The van der Waals surface area contributed by atoms with E-state index >= 15 is 0 Å². The van der Waals surface area contributed by atoms with Crippen molar-refractivity contribution >= 4 is 34.5 Å². The molecule has 7 nitrogen and oxygen atoms in total. The number of aromatic nitrogens is 4. The highest BCUT2D eigenvalue weighted by molar-refractivity contribution is 6.30. The Morgan fingerprint density at radius 3 is 2.47 bits per heavy atom. The molecule has 34 heavy (non-hydrogen) atoms. The van der Waals surface area contributed by atoms with Gasteiger partial charge in [-0.2, -0.15) is 5.10 Å². The summed E-state index contributed by atoms with van der Waals surface area (Å²) < 4.78 is 2.82. The van der Waals surface area contributed by atoms with Crippen LogP contribution in [0.1, 0.15) is 5.56 Å². The van der Waals surface area contributed by atoms with Gasteiger partial charge in [0.25, 0.3) is 11.5 Å². The van der Waals surface area contributed by atoms with E-state index in [1.54, 1.807) is 47.2 Å². The zero-order chi connectivity index (χ0) is 23.5. The zero-order valence-electron chi connectivity index (χ0n) is 17.8. The molecule has 0 saturated heterocycles. The summed E-state index contributed by atoms with van der Waals surface area (Å²) in [4.78, 5) is 29.4. The van der Waals surface area contributed by atoms with E-state index in [-0.39, 0.29) is 5.56 Å². The van der Waals surface area contributed by atoms with Crippen molar-refractivity contribution in [3.8, 4) is 16.9 Å². The zero-order valence-corrected chi connectivity index (χ0v) is 18.6. The molecule has 0 aliphatic carbocycles. The molecule has 0 spiro atoms. The molecule has 0 saturated carbocycles. The Morgan fingerprint density at radius 1 is 0.941 bits per heavy atom. The Labute approximate surface area is 199 Å². The Hall–Kier alpha value is -4.49. The molecular formula is C26H18ClN5O2. The Kier molecular flexibility index (Phi) is 5.76. The highest BCUT2D eigenvalue weighted by Gasteiger charge is 2.11. The second kappa shape index (κ2) is 9.17. The van der Waals surface area contributed by atoms with Gasteiger partial charge in [0.1, 0.15) is 6.33 Å². The van der Waals surface area contributed by atoms with Crippen LogP contribution in [0.5, 0.6) is 0 Å². The molecule has 0 fully saturated rings. The first-order valence-electron chi connectivity index (χ1n) is 10.4. The lowest BCUT2D eigenvalue weighted by Gasteiger charge is -2.06. The van der Waals surface area contributed by atoms with Gasteiger partial charge in [0.05, 0.1) is 22.3 Å². The number of hydrogen-bond donors (Lipinski definition) is 1. The van der Waals surface area contributed by atoms with Crippen LogP contribution < -0.4 is 11.0 Å². The summed E-state index contributed by atoms with van der Waals surface area (Å²) >= 11 is 6.04. The van der Waals surface area contributed by atoms with Crippen molar-refractivity contribution in [3.05, 3.63) is 118 Å². The summed E-state index contributed by atoms with van der Waals surface area (Å²) in [5, 5.41) is 5.76. The van der Waals surface area contributed by atoms with Gasteiger partial charge in [-0.3, -0.25) is 15.0 Å². The summed E-state index contributed by atoms with van der Waals surface area (Å²) in [6.07, 6.45) is 6.15. The van der Waals surface area contributed by atoms with E-state index < -0.39 is 5.91 Å². The van der Waals surface area contributed by atoms with Gasteiger partial charge in [0, 0.05) is 28.4 Å². The maximum Gasteiger partial charge on any atom is 0.280 e. The number of rotatable bonds is 5. The van der Waals surface area contributed by atoms with Gasteiger partial charge in [-0.05, 0) is 42.5 Å². The first kappa shape index (κ1) is 21.4. The lowest BCUT2D eigenvalue weighted by atomic mass is 10.1. The van der Waals surface area contributed by atoms with Crippen LogP contribution >= 0.6 is 11.6 Å². The van der Waals surface area contributed by atoms with E-state index in [0.717, 1.165) is 21.5 Å². The predicted molar refractivity (Wildman–Crippen MR) is 133 cm³/mol. The molecule has 1 N–H and O–H groups in total. The third-order valence-electron chi connectivity index (χ3n) is 5.19. The van der Waals surface area contributed by atoms with Crippen molar-refractivity contribution in [2.45, 2.75) is 0 Å². The number of carbonyl (C=O) groups excluding carboxylic acids is 1. The van der Waals surface area contributed by atoms with Gasteiger partial charge in [-0.25, -0.2) is 14.3 Å². The topological polar surface area (TPSA) is 81.8 Å². The minimum absolute atomic E-state index is 0.355. The Bertz CT molecular complexity index is 1570. The van der Waals surface area contributed by atoms with Gasteiger partial charge in [-0.15, -0.1) is 0 Å². The Balaban J connectivity index is 1.46. The van der Waals surface area contributed by atoms with Gasteiger partial charge in [0.2, 0.25) is 0 Å². The van der Waals surface area contributed by atoms with Crippen LogP contribution in [0.3, 0.4) is 0 Å². The number of fused-ring (bicyclic) bond motifs is 1. The fraction of sp³-hybridized carbons (Fsp3) is 0. The third kappa shape index (κ3) is 4.37. The van der Waals surface area contributed by atoms with Crippen LogP contribution in [-0.4, -0.2) is 25.3 Å². The molecule has 3 aromatic carbocycles. The summed E-state index contributed by atoms with van der Waals surface area (Å²) in [7, 11) is 0. The van der Waals surface area contributed by atoms with Crippen molar-refractivity contribution < 1.29 is 4.79 Å². The van der Waals surface area contributed by atoms with Crippen molar-refractivity contribution in [2.75, 3.05) is 5.43 Å². The van der Waals surface area contributed by atoms with E-state index in [2.05, 4.69) is 10.4 Å². The van der Waals surface area contributed by atoms with Gasteiger partial charge >= 0.3 is 0 Å². The second-order valence-electron chi connectivity index (χ2n) is 7.47. The van der Waals surface area contributed by atoms with Crippen molar-refractivity contribution in [3.63, 3.8) is 0 Å².